The first-order valence-corrected chi connectivity index (χ1v) is 8.82. The van der Waals surface area contributed by atoms with Crippen LogP contribution in [0.4, 0.5) is 5.69 Å². The van der Waals surface area contributed by atoms with Gasteiger partial charge in [0, 0.05) is 30.4 Å². The third kappa shape index (κ3) is 4.00. The van der Waals surface area contributed by atoms with E-state index in [4.69, 9.17) is 5.73 Å². The largest absolute Gasteiger partial charge is 0.399 e. The molecule has 0 radical (unpaired) electrons. The smallest absolute Gasteiger partial charge is 0.242 e. The van der Waals surface area contributed by atoms with E-state index in [1.54, 1.807) is 30.0 Å². The van der Waals surface area contributed by atoms with Gasteiger partial charge in [-0.2, -0.15) is 0 Å². The fraction of sp³-hybridized carbons (Fsp3) is 0.200. The van der Waals surface area contributed by atoms with E-state index in [-0.39, 0.29) is 0 Å². The highest BCUT2D eigenvalue weighted by Crippen LogP contribution is 2.25. The van der Waals surface area contributed by atoms with E-state index in [0.717, 1.165) is 16.1 Å². The second-order valence-electron chi connectivity index (χ2n) is 4.80. The van der Waals surface area contributed by atoms with Crippen molar-refractivity contribution in [2.24, 2.45) is 0 Å². The Morgan fingerprint density at radius 2 is 1.81 bits per heavy atom. The molecule has 0 aliphatic heterocycles. The summed E-state index contributed by atoms with van der Waals surface area (Å²) in [6.45, 7) is 0. The number of anilines is 1. The highest BCUT2D eigenvalue weighted by atomic mass is 32.2. The van der Waals surface area contributed by atoms with Gasteiger partial charge >= 0.3 is 0 Å². The van der Waals surface area contributed by atoms with Gasteiger partial charge in [-0.25, -0.2) is 12.7 Å². The van der Waals surface area contributed by atoms with Crippen LogP contribution in [0.5, 0.6) is 0 Å². The van der Waals surface area contributed by atoms with Gasteiger partial charge in [-0.05, 0) is 35.9 Å². The van der Waals surface area contributed by atoms with Crippen molar-refractivity contribution < 1.29 is 8.42 Å². The first-order chi connectivity index (χ1) is 9.89. The predicted octanol–water partition coefficient (Wildman–Crippen LogP) is 2.81. The molecule has 0 aromatic heterocycles. The van der Waals surface area contributed by atoms with Crippen LogP contribution >= 0.6 is 11.8 Å². The van der Waals surface area contributed by atoms with Gasteiger partial charge in [-0.1, -0.05) is 18.2 Å². The topological polar surface area (TPSA) is 63.4 Å². The Labute approximate surface area is 130 Å². The van der Waals surface area contributed by atoms with Crippen molar-refractivity contribution >= 4 is 27.5 Å². The van der Waals surface area contributed by atoms with Crippen LogP contribution < -0.4 is 5.73 Å². The second kappa shape index (κ2) is 6.51. The lowest BCUT2D eigenvalue weighted by atomic mass is 10.2. The predicted molar refractivity (Wildman–Crippen MR) is 87.7 cm³/mol. The monoisotopic (exact) mass is 322 g/mol. The van der Waals surface area contributed by atoms with Gasteiger partial charge in [0.05, 0.1) is 4.90 Å². The van der Waals surface area contributed by atoms with Crippen molar-refractivity contribution in [3.8, 4) is 0 Å². The molecule has 0 unspecified atom stereocenters. The number of benzene rings is 2. The number of nitrogens with two attached hydrogens (primary N) is 1. The van der Waals surface area contributed by atoms with Crippen LogP contribution in [0.15, 0.2) is 58.3 Å². The van der Waals surface area contributed by atoms with Crippen LogP contribution in [0.25, 0.3) is 0 Å². The van der Waals surface area contributed by atoms with Gasteiger partial charge in [0.2, 0.25) is 10.0 Å². The van der Waals surface area contributed by atoms with E-state index in [1.807, 2.05) is 30.3 Å². The summed E-state index contributed by atoms with van der Waals surface area (Å²) >= 11 is 1.63. The van der Waals surface area contributed by atoms with E-state index >= 15 is 0 Å². The molecule has 0 spiro atoms. The van der Waals surface area contributed by atoms with Gasteiger partial charge in [-0.15, -0.1) is 11.8 Å². The Morgan fingerprint density at radius 3 is 2.48 bits per heavy atom. The first-order valence-electron chi connectivity index (χ1n) is 6.39. The van der Waals surface area contributed by atoms with Gasteiger partial charge < -0.3 is 5.73 Å². The number of nitrogen functional groups attached to an aromatic ring is 1. The van der Waals surface area contributed by atoms with Crippen LogP contribution in [0, 0.1) is 0 Å². The Kier molecular flexibility index (Phi) is 4.92. The molecule has 0 amide bonds. The SMILES string of the molecule is CN(C)S(=O)(=O)c1cccc(CSc2cccc(N)c2)c1. The van der Waals surface area contributed by atoms with Gasteiger partial charge in [0.1, 0.15) is 0 Å². The molecule has 6 heteroatoms. The summed E-state index contributed by atoms with van der Waals surface area (Å²) in [6.07, 6.45) is 0. The zero-order valence-electron chi connectivity index (χ0n) is 12.0. The summed E-state index contributed by atoms with van der Waals surface area (Å²) in [6, 6.07) is 14.7. The molecule has 0 bridgehead atoms. The molecule has 0 aliphatic rings. The lowest BCUT2D eigenvalue weighted by Gasteiger charge is -2.12. The fourth-order valence-corrected chi connectivity index (χ4v) is 3.66. The molecule has 2 aromatic carbocycles. The maximum absolute atomic E-state index is 12.1. The zero-order valence-corrected chi connectivity index (χ0v) is 13.6. The summed E-state index contributed by atoms with van der Waals surface area (Å²) in [5, 5.41) is 0. The average Bonchev–Trinajstić information content (AvgIpc) is 2.45. The Hall–Kier alpha value is -1.50. The fourth-order valence-electron chi connectivity index (χ4n) is 1.78. The summed E-state index contributed by atoms with van der Waals surface area (Å²) in [4.78, 5) is 1.38. The van der Waals surface area contributed by atoms with Gasteiger partial charge in [0.25, 0.3) is 0 Å². The number of thioether (sulfide) groups is 1. The lowest BCUT2D eigenvalue weighted by Crippen LogP contribution is -2.22. The highest BCUT2D eigenvalue weighted by Gasteiger charge is 2.17. The molecule has 0 aliphatic carbocycles. The van der Waals surface area contributed by atoms with Gasteiger partial charge in [0.15, 0.2) is 0 Å². The zero-order chi connectivity index (χ0) is 15.5. The third-order valence-electron chi connectivity index (χ3n) is 2.94. The number of hydrogen-bond acceptors (Lipinski definition) is 4. The number of rotatable bonds is 5. The van der Waals surface area contributed by atoms with E-state index < -0.39 is 10.0 Å². The molecule has 0 heterocycles. The molecule has 2 aromatic rings. The van der Waals surface area contributed by atoms with E-state index in [0.29, 0.717) is 10.6 Å². The molecule has 112 valence electrons. The quantitative estimate of drug-likeness (QED) is 0.679. The molecule has 2 rings (SSSR count). The van der Waals surface area contributed by atoms with Crippen LogP contribution in [0.2, 0.25) is 0 Å². The van der Waals surface area contributed by atoms with Crippen molar-refractivity contribution in [2.45, 2.75) is 15.5 Å². The minimum Gasteiger partial charge on any atom is -0.399 e. The maximum atomic E-state index is 12.1. The standard InChI is InChI=1S/C15H18N2O2S2/c1-17(2)21(18,19)15-8-3-5-12(9-15)11-20-14-7-4-6-13(16)10-14/h3-10H,11,16H2,1-2H3. The summed E-state index contributed by atoms with van der Waals surface area (Å²) in [7, 11) is -0.322. The van der Waals surface area contributed by atoms with Crippen molar-refractivity contribution in [3.63, 3.8) is 0 Å². The Morgan fingerprint density at radius 1 is 1.10 bits per heavy atom. The first kappa shape index (κ1) is 15.9. The van der Waals surface area contributed by atoms with E-state index in [9.17, 15) is 8.42 Å². The van der Waals surface area contributed by atoms with Crippen LogP contribution in [0.3, 0.4) is 0 Å². The van der Waals surface area contributed by atoms with Gasteiger partial charge in [-0.3, -0.25) is 0 Å². The molecule has 0 saturated heterocycles. The molecule has 0 fully saturated rings. The van der Waals surface area contributed by atoms with Crippen molar-refractivity contribution in [2.75, 3.05) is 19.8 Å². The molecular formula is C15H18N2O2S2. The number of nitrogens with zero attached hydrogens (tertiary/aromatic N) is 1. The van der Waals surface area contributed by atoms with E-state index in [1.165, 1.54) is 18.4 Å². The highest BCUT2D eigenvalue weighted by molar-refractivity contribution is 7.98. The molecule has 0 atom stereocenters. The number of hydrogen-bond donors (Lipinski definition) is 1. The Balaban J connectivity index is 2.15. The van der Waals surface area contributed by atoms with E-state index in [2.05, 4.69) is 0 Å². The number of sulfonamides is 1. The third-order valence-corrected chi connectivity index (χ3v) is 5.82. The minimum atomic E-state index is -3.38. The van der Waals surface area contributed by atoms with Crippen LogP contribution in [-0.2, 0) is 15.8 Å². The summed E-state index contributed by atoms with van der Waals surface area (Å²) < 4.78 is 25.4. The van der Waals surface area contributed by atoms with Crippen LogP contribution in [0.1, 0.15) is 5.56 Å². The molecular weight excluding hydrogens is 304 g/mol. The van der Waals surface area contributed by atoms with Crippen molar-refractivity contribution in [1.29, 1.82) is 0 Å². The van der Waals surface area contributed by atoms with Crippen molar-refractivity contribution in [3.05, 3.63) is 54.1 Å². The lowest BCUT2D eigenvalue weighted by molar-refractivity contribution is 0.520. The van der Waals surface area contributed by atoms with Crippen LogP contribution in [-0.4, -0.2) is 26.8 Å². The molecule has 2 N–H and O–H groups in total. The average molecular weight is 322 g/mol. The Bertz CT molecular complexity index is 728. The maximum Gasteiger partial charge on any atom is 0.242 e. The molecule has 0 saturated carbocycles. The summed E-state index contributed by atoms with van der Waals surface area (Å²) in [5.74, 6) is 0.695. The molecule has 4 nitrogen and oxygen atoms in total. The minimum absolute atomic E-state index is 0.318. The second-order valence-corrected chi connectivity index (χ2v) is 8.00. The normalized spacial score (nSPS) is 11.8. The summed E-state index contributed by atoms with van der Waals surface area (Å²) in [5.41, 5.74) is 7.43. The molecule has 21 heavy (non-hydrogen) atoms. The van der Waals surface area contributed by atoms with Crippen molar-refractivity contribution in [1.82, 2.24) is 4.31 Å².